The van der Waals surface area contributed by atoms with E-state index in [1.54, 1.807) is 6.07 Å². The van der Waals surface area contributed by atoms with Crippen molar-refractivity contribution in [1.82, 2.24) is 0 Å². The summed E-state index contributed by atoms with van der Waals surface area (Å²) in [5.74, 6) is 0. The van der Waals surface area contributed by atoms with Gasteiger partial charge in [-0.25, -0.2) is 0 Å². The third-order valence-electron chi connectivity index (χ3n) is 3.34. The first-order valence-corrected chi connectivity index (χ1v) is 5.86. The third-order valence-corrected chi connectivity index (χ3v) is 3.34. The van der Waals surface area contributed by atoms with Crippen LogP contribution in [-0.4, -0.2) is 18.0 Å². The molecule has 1 heterocycles. The molecule has 0 saturated carbocycles. The highest BCUT2D eigenvalue weighted by Gasteiger charge is 2.30. The molecule has 0 aliphatic carbocycles. The van der Waals surface area contributed by atoms with Gasteiger partial charge in [0.25, 0.3) is 5.69 Å². The van der Waals surface area contributed by atoms with Gasteiger partial charge in [-0.1, -0.05) is 13.8 Å². The molecule has 0 radical (unpaired) electrons. The molecule has 0 bridgehead atoms. The van der Waals surface area contributed by atoms with Gasteiger partial charge in [-0.15, -0.1) is 0 Å². The smallest absolute Gasteiger partial charge is 0.289 e. The van der Waals surface area contributed by atoms with Crippen LogP contribution in [-0.2, 0) is 0 Å². The maximum absolute atomic E-state index is 10.9. The predicted molar refractivity (Wildman–Crippen MR) is 68.4 cm³/mol. The van der Waals surface area contributed by atoms with Crippen LogP contribution in [0.4, 0.5) is 11.4 Å². The van der Waals surface area contributed by atoms with Crippen LogP contribution in [0.25, 0.3) is 0 Å². The lowest BCUT2D eigenvalue weighted by atomic mass is 9.93. The number of rotatable bonds is 2. The van der Waals surface area contributed by atoms with E-state index in [1.807, 2.05) is 6.07 Å². The summed E-state index contributed by atoms with van der Waals surface area (Å²) < 4.78 is 0. The Morgan fingerprint density at radius 3 is 2.72 bits per heavy atom. The molecule has 1 fully saturated rings. The summed E-state index contributed by atoms with van der Waals surface area (Å²) in [6.07, 6.45) is 1.07. The highest BCUT2D eigenvalue weighted by molar-refractivity contribution is 5.60. The molecule has 0 spiro atoms. The average Bonchev–Trinajstić information content (AvgIpc) is 2.68. The van der Waals surface area contributed by atoms with Crippen LogP contribution in [0.1, 0.15) is 25.8 Å². The van der Waals surface area contributed by atoms with Gasteiger partial charge in [0.15, 0.2) is 0 Å². The van der Waals surface area contributed by atoms with Gasteiger partial charge in [0.05, 0.1) is 4.92 Å². The first-order chi connectivity index (χ1) is 8.43. The highest BCUT2D eigenvalue weighted by atomic mass is 16.6. The second kappa shape index (κ2) is 4.30. The third kappa shape index (κ3) is 2.28. The summed E-state index contributed by atoms with van der Waals surface area (Å²) >= 11 is 0. The summed E-state index contributed by atoms with van der Waals surface area (Å²) in [6, 6.07) is 6.66. The molecule has 94 valence electrons. The Labute approximate surface area is 106 Å². The molecule has 5 heteroatoms. The standard InChI is InChI=1S/C13H15N3O2/c1-13(2)5-6-15(9-13)11-4-3-10(8-14)12(7-11)16(17)18/h3-4,7H,5-6,9H2,1-2H3. The molecule has 1 aliphatic rings. The van der Waals surface area contributed by atoms with Crippen LogP contribution in [0.3, 0.4) is 0 Å². The van der Waals surface area contributed by atoms with Crippen molar-refractivity contribution in [3.05, 3.63) is 33.9 Å². The molecular weight excluding hydrogens is 230 g/mol. The van der Waals surface area contributed by atoms with Gasteiger partial charge in [0, 0.05) is 24.8 Å². The normalized spacial score (nSPS) is 17.5. The van der Waals surface area contributed by atoms with Crippen molar-refractivity contribution < 1.29 is 4.92 Å². The van der Waals surface area contributed by atoms with Crippen LogP contribution in [0.5, 0.6) is 0 Å². The Morgan fingerprint density at radius 2 is 2.22 bits per heavy atom. The number of hydrogen-bond donors (Lipinski definition) is 0. The van der Waals surface area contributed by atoms with Crippen LogP contribution in [0.2, 0.25) is 0 Å². The first kappa shape index (κ1) is 12.4. The maximum Gasteiger partial charge on any atom is 0.289 e. The van der Waals surface area contributed by atoms with Crippen molar-refractivity contribution in [2.24, 2.45) is 5.41 Å². The second-order valence-corrected chi connectivity index (χ2v) is 5.41. The SMILES string of the molecule is CC1(C)CCN(c2ccc(C#N)c([N+](=O)[O-])c2)C1. The predicted octanol–water partition coefficient (Wildman–Crippen LogP) is 2.70. The van der Waals surface area contributed by atoms with Gasteiger partial charge in [-0.3, -0.25) is 10.1 Å². The molecule has 0 aromatic heterocycles. The fourth-order valence-electron chi connectivity index (χ4n) is 2.30. The van der Waals surface area contributed by atoms with Crippen molar-refractivity contribution in [1.29, 1.82) is 5.26 Å². The topological polar surface area (TPSA) is 70.2 Å². The summed E-state index contributed by atoms with van der Waals surface area (Å²) in [5.41, 5.74) is 1.07. The zero-order chi connectivity index (χ0) is 13.3. The quantitative estimate of drug-likeness (QED) is 0.593. The van der Waals surface area contributed by atoms with Crippen LogP contribution < -0.4 is 4.90 Å². The minimum Gasteiger partial charge on any atom is -0.371 e. The average molecular weight is 245 g/mol. The van der Waals surface area contributed by atoms with Gasteiger partial charge >= 0.3 is 0 Å². The number of benzene rings is 1. The number of anilines is 1. The maximum atomic E-state index is 10.9. The van der Waals surface area contributed by atoms with E-state index in [4.69, 9.17) is 5.26 Å². The molecule has 1 aliphatic heterocycles. The van der Waals surface area contributed by atoms with E-state index in [9.17, 15) is 10.1 Å². The first-order valence-electron chi connectivity index (χ1n) is 5.86. The van der Waals surface area contributed by atoms with Gasteiger partial charge in [0.1, 0.15) is 11.6 Å². The van der Waals surface area contributed by atoms with E-state index in [0.717, 1.165) is 25.2 Å². The second-order valence-electron chi connectivity index (χ2n) is 5.41. The Hall–Kier alpha value is -2.09. The Balaban J connectivity index is 2.34. The molecule has 0 amide bonds. The Morgan fingerprint density at radius 1 is 1.50 bits per heavy atom. The lowest BCUT2D eigenvalue weighted by molar-refractivity contribution is -0.385. The molecule has 18 heavy (non-hydrogen) atoms. The van der Waals surface area contributed by atoms with E-state index in [1.165, 1.54) is 12.1 Å². The van der Waals surface area contributed by atoms with Gasteiger partial charge in [-0.05, 0) is 24.0 Å². The molecule has 0 atom stereocenters. The summed E-state index contributed by atoms with van der Waals surface area (Å²) in [7, 11) is 0. The molecule has 1 saturated heterocycles. The fourth-order valence-corrected chi connectivity index (χ4v) is 2.30. The number of hydrogen-bond acceptors (Lipinski definition) is 4. The molecular formula is C13H15N3O2. The number of nitro benzene ring substituents is 1. The van der Waals surface area contributed by atoms with Gasteiger partial charge in [-0.2, -0.15) is 5.26 Å². The molecule has 5 nitrogen and oxygen atoms in total. The monoisotopic (exact) mass is 245 g/mol. The van der Waals surface area contributed by atoms with Crippen molar-refractivity contribution in [2.45, 2.75) is 20.3 Å². The van der Waals surface area contributed by atoms with E-state index >= 15 is 0 Å². The molecule has 0 N–H and O–H groups in total. The molecule has 2 rings (SSSR count). The van der Waals surface area contributed by atoms with E-state index in [-0.39, 0.29) is 16.7 Å². The van der Waals surface area contributed by atoms with Crippen molar-refractivity contribution >= 4 is 11.4 Å². The van der Waals surface area contributed by atoms with E-state index < -0.39 is 4.92 Å². The van der Waals surface area contributed by atoms with Crippen LogP contribution in [0, 0.1) is 26.9 Å². The summed E-state index contributed by atoms with van der Waals surface area (Å²) in [5, 5.41) is 19.7. The highest BCUT2D eigenvalue weighted by Crippen LogP contribution is 2.34. The number of nitrogens with zero attached hydrogens (tertiary/aromatic N) is 3. The summed E-state index contributed by atoms with van der Waals surface area (Å²) in [6.45, 7) is 6.15. The van der Waals surface area contributed by atoms with Crippen molar-refractivity contribution in [3.8, 4) is 6.07 Å². The fraction of sp³-hybridized carbons (Fsp3) is 0.462. The van der Waals surface area contributed by atoms with E-state index in [0.29, 0.717) is 0 Å². The molecule has 0 unspecified atom stereocenters. The number of nitriles is 1. The summed E-state index contributed by atoms with van der Waals surface area (Å²) in [4.78, 5) is 12.5. The van der Waals surface area contributed by atoms with Crippen LogP contribution in [0.15, 0.2) is 18.2 Å². The Bertz CT molecular complexity index is 532. The molecule has 1 aromatic carbocycles. The zero-order valence-corrected chi connectivity index (χ0v) is 10.5. The molecule has 1 aromatic rings. The van der Waals surface area contributed by atoms with Crippen LogP contribution >= 0.6 is 0 Å². The largest absolute Gasteiger partial charge is 0.371 e. The number of nitro groups is 1. The van der Waals surface area contributed by atoms with E-state index in [2.05, 4.69) is 18.7 Å². The van der Waals surface area contributed by atoms with Gasteiger partial charge in [0.2, 0.25) is 0 Å². The van der Waals surface area contributed by atoms with Gasteiger partial charge < -0.3 is 4.90 Å². The van der Waals surface area contributed by atoms with Crippen molar-refractivity contribution in [2.75, 3.05) is 18.0 Å². The lowest BCUT2D eigenvalue weighted by Crippen LogP contribution is -2.22. The van der Waals surface area contributed by atoms with Crippen molar-refractivity contribution in [3.63, 3.8) is 0 Å². The zero-order valence-electron chi connectivity index (χ0n) is 10.5. The minimum atomic E-state index is -0.497. The lowest BCUT2D eigenvalue weighted by Gasteiger charge is -2.21. The minimum absolute atomic E-state index is 0.111. The Kier molecular flexibility index (Phi) is 2.95.